The number of likely N-dealkylation sites (N-methyl/N-ethyl adjacent to an activating group) is 1. The van der Waals surface area contributed by atoms with Crippen LogP contribution in [0.5, 0.6) is 0 Å². The van der Waals surface area contributed by atoms with Crippen LogP contribution in [-0.4, -0.2) is 50.1 Å². The monoisotopic (exact) mass is 334 g/mol. The number of carbonyl (C=O) groups excluding carboxylic acids is 1. The van der Waals surface area contributed by atoms with Gasteiger partial charge in [0.25, 0.3) is 5.91 Å². The number of aromatic nitrogens is 3. The third-order valence-electron chi connectivity index (χ3n) is 4.16. The zero-order chi connectivity index (χ0) is 16.4. The highest BCUT2D eigenvalue weighted by molar-refractivity contribution is 6.30. The predicted molar refractivity (Wildman–Crippen MR) is 86.7 cm³/mol. The van der Waals surface area contributed by atoms with Crippen molar-refractivity contribution in [3.05, 3.63) is 41.2 Å². The highest BCUT2D eigenvalue weighted by Gasteiger charge is 2.34. The Morgan fingerprint density at radius 2 is 2.17 bits per heavy atom. The van der Waals surface area contributed by atoms with E-state index in [9.17, 15) is 9.90 Å². The van der Waals surface area contributed by atoms with Crippen LogP contribution in [0.3, 0.4) is 0 Å². The molecule has 122 valence electrons. The van der Waals surface area contributed by atoms with Gasteiger partial charge in [0, 0.05) is 18.6 Å². The molecule has 1 aromatic heterocycles. The minimum Gasteiger partial charge on any atom is -0.388 e. The molecule has 2 aromatic rings. The molecule has 1 saturated carbocycles. The number of aliphatic hydroxyl groups is 1. The van der Waals surface area contributed by atoms with Gasteiger partial charge in [-0.3, -0.25) is 4.79 Å². The van der Waals surface area contributed by atoms with E-state index >= 15 is 0 Å². The van der Waals surface area contributed by atoms with Crippen LogP contribution in [0.1, 0.15) is 36.2 Å². The molecule has 0 bridgehead atoms. The first-order valence-electron chi connectivity index (χ1n) is 7.63. The molecular weight excluding hydrogens is 316 g/mol. The van der Waals surface area contributed by atoms with Crippen LogP contribution in [0.15, 0.2) is 30.5 Å². The standard InChI is InChI=1S/C16H19ClN4O2/c1-20(11-16(23)7-2-3-8-16)15(22)14-10-18-21(19-14)13-6-4-5-12(17)9-13/h4-6,9-10,23H,2-3,7-8,11H2,1H3. The van der Waals surface area contributed by atoms with Gasteiger partial charge < -0.3 is 10.0 Å². The third kappa shape index (κ3) is 3.54. The number of hydrogen-bond acceptors (Lipinski definition) is 4. The van der Waals surface area contributed by atoms with Gasteiger partial charge in [0.1, 0.15) is 0 Å². The maximum atomic E-state index is 12.5. The van der Waals surface area contributed by atoms with Crippen molar-refractivity contribution in [2.75, 3.05) is 13.6 Å². The molecule has 1 N–H and O–H groups in total. The van der Waals surface area contributed by atoms with Gasteiger partial charge in [-0.2, -0.15) is 9.90 Å². The Morgan fingerprint density at radius 1 is 1.43 bits per heavy atom. The molecule has 1 aromatic carbocycles. The van der Waals surface area contributed by atoms with Crippen molar-refractivity contribution in [2.24, 2.45) is 0 Å². The van der Waals surface area contributed by atoms with Gasteiger partial charge in [0.15, 0.2) is 5.69 Å². The van der Waals surface area contributed by atoms with Gasteiger partial charge in [-0.05, 0) is 31.0 Å². The van der Waals surface area contributed by atoms with Crippen molar-refractivity contribution >= 4 is 17.5 Å². The molecule has 0 spiro atoms. The van der Waals surface area contributed by atoms with Gasteiger partial charge in [0.2, 0.25) is 0 Å². The number of benzene rings is 1. The zero-order valence-corrected chi connectivity index (χ0v) is 13.7. The molecule has 0 aliphatic heterocycles. The Kier molecular flexibility index (Phi) is 4.37. The summed E-state index contributed by atoms with van der Waals surface area (Å²) in [5.74, 6) is -0.251. The molecule has 6 nitrogen and oxygen atoms in total. The van der Waals surface area contributed by atoms with Crippen LogP contribution < -0.4 is 0 Å². The SMILES string of the molecule is CN(CC1(O)CCCC1)C(=O)c1cnn(-c2cccc(Cl)c2)n1. The van der Waals surface area contributed by atoms with Crippen LogP contribution in [0.25, 0.3) is 5.69 Å². The van der Waals surface area contributed by atoms with Crippen LogP contribution >= 0.6 is 11.6 Å². The number of amides is 1. The molecule has 1 aliphatic rings. The summed E-state index contributed by atoms with van der Waals surface area (Å²) >= 11 is 5.95. The average molecular weight is 335 g/mol. The van der Waals surface area contributed by atoms with E-state index in [0.717, 1.165) is 25.7 Å². The van der Waals surface area contributed by atoms with E-state index < -0.39 is 5.60 Å². The molecule has 0 saturated heterocycles. The number of rotatable bonds is 4. The van der Waals surface area contributed by atoms with Crippen LogP contribution in [0, 0.1) is 0 Å². The average Bonchev–Trinajstić information content (AvgIpc) is 3.16. The molecule has 0 atom stereocenters. The lowest BCUT2D eigenvalue weighted by Gasteiger charge is -2.28. The number of halogens is 1. The normalized spacial score (nSPS) is 16.5. The minimum absolute atomic E-state index is 0.245. The van der Waals surface area contributed by atoms with Gasteiger partial charge in [-0.1, -0.05) is 30.5 Å². The smallest absolute Gasteiger partial charge is 0.275 e. The van der Waals surface area contributed by atoms with Crippen molar-refractivity contribution in [3.8, 4) is 5.69 Å². The zero-order valence-electron chi connectivity index (χ0n) is 12.9. The second-order valence-electron chi connectivity index (χ2n) is 6.09. The molecular formula is C16H19ClN4O2. The fraction of sp³-hybridized carbons (Fsp3) is 0.438. The van der Waals surface area contributed by atoms with Crippen LogP contribution in [0.4, 0.5) is 0 Å². The molecule has 23 heavy (non-hydrogen) atoms. The minimum atomic E-state index is -0.770. The molecule has 3 rings (SSSR count). The fourth-order valence-corrected chi connectivity index (χ4v) is 3.17. The molecule has 1 aliphatic carbocycles. The first-order valence-corrected chi connectivity index (χ1v) is 8.01. The van der Waals surface area contributed by atoms with E-state index in [4.69, 9.17) is 11.6 Å². The summed E-state index contributed by atoms with van der Waals surface area (Å²) in [6.07, 6.45) is 4.91. The fourth-order valence-electron chi connectivity index (χ4n) is 2.99. The van der Waals surface area contributed by atoms with Gasteiger partial charge in [0.05, 0.1) is 17.5 Å². The van der Waals surface area contributed by atoms with E-state index in [1.165, 1.54) is 15.9 Å². The largest absolute Gasteiger partial charge is 0.388 e. The summed E-state index contributed by atoms with van der Waals surface area (Å²) in [5.41, 5.74) is 0.163. The maximum absolute atomic E-state index is 12.5. The molecule has 1 heterocycles. The third-order valence-corrected chi connectivity index (χ3v) is 4.40. The van der Waals surface area contributed by atoms with Crippen molar-refractivity contribution in [3.63, 3.8) is 0 Å². The van der Waals surface area contributed by atoms with Crippen molar-refractivity contribution in [2.45, 2.75) is 31.3 Å². The number of hydrogen-bond donors (Lipinski definition) is 1. The van der Waals surface area contributed by atoms with Gasteiger partial charge in [-0.15, -0.1) is 5.10 Å². The highest BCUT2D eigenvalue weighted by atomic mass is 35.5. The Labute approximate surface area is 139 Å². The lowest BCUT2D eigenvalue weighted by Crippen LogP contribution is -2.42. The van der Waals surface area contributed by atoms with E-state index in [1.54, 1.807) is 25.2 Å². The predicted octanol–water partition coefficient (Wildman–Crippen LogP) is 2.30. The van der Waals surface area contributed by atoms with Crippen molar-refractivity contribution in [1.29, 1.82) is 0 Å². The summed E-state index contributed by atoms with van der Waals surface area (Å²) in [4.78, 5) is 15.3. The highest BCUT2D eigenvalue weighted by Crippen LogP contribution is 2.30. The lowest BCUT2D eigenvalue weighted by molar-refractivity contribution is 0.0154. The van der Waals surface area contributed by atoms with Gasteiger partial charge in [-0.25, -0.2) is 0 Å². The lowest BCUT2D eigenvalue weighted by atomic mass is 10.0. The van der Waals surface area contributed by atoms with E-state index in [0.29, 0.717) is 17.3 Å². The second kappa shape index (κ2) is 6.29. The molecule has 0 unspecified atom stereocenters. The Hall–Kier alpha value is -1.92. The first kappa shape index (κ1) is 16.0. The van der Waals surface area contributed by atoms with Crippen LogP contribution in [0.2, 0.25) is 5.02 Å². The van der Waals surface area contributed by atoms with Gasteiger partial charge >= 0.3 is 0 Å². The summed E-state index contributed by atoms with van der Waals surface area (Å²) < 4.78 is 0. The number of carbonyl (C=O) groups is 1. The quantitative estimate of drug-likeness (QED) is 0.931. The number of nitrogens with zero attached hydrogens (tertiary/aromatic N) is 4. The second-order valence-corrected chi connectivity index (χ2v) is 6.53. The van der Waals surface area contributed by atoms with Crippen LogP contribution in [-0.2, 0) is 0 Å². The topological polar surface area (TPSA) is 71.2 Å². The molecule has 7 heteroatoms. The molecule has 1 fully saturated rings. The first-order chi connectivity index (χ1) is 11.0. The molecule has 0 radical (unpaired) electrons. The summed E-state index contributed by atoms with van der Waals surface area (Å²) in [6, 6.07) is 7.09. The summed E-state index contributed by atoms with van der Waals surface area (Å²) in [5, 5.41) is 19.3. The van der Waals surface area contributed by atoms with Crippen molar-refractivity contribution < 1.29 is 9.90 Å². The Balaban J connectivity index is 1.73. The summed E-state index contributed by atoms with van der Waals surface area (Å²) in [7, 11) is 1.68. The van der Waals surface area contributed by atoms with E-state index in [1.807, 2.05) is 6.07 Å². The maximum Gasteiger partial charge on any atom is 0.275 e. The Morgan fingerprint density at radius 3 is 2.87 bits per heavy atom. The Bertz CT molecular complexity index is 710. The molecule has 1 amide bonds. The van der Waals surface area contributed by atoms with Crippen molar-refractivity contribution in [1.82, 2.24) is 19.9 Å². The van der Waals surface area contributed by atoms with E-state index in [2.05, 4.69) is 10.2 Å². The summed E-state index contributed by atoms with van der Waals surface area (Å²) in [6.45, 7) is 0.315. The van der Waals surface area contributed by atoms with E-state index in [-0.39, 0.29) is 11.6 Å².